The third-order valence-electron chi connectivity index (χ3n) is 2.65. The van der Waals surface area contributed by atoms with Crippen molar-refractivity contribution in [2.24, 2.45) is 0 Å². The van der Waals surface area contributed by atoms with Crippen molar-refractivity contribution in [1.82, 2.24) is 9.97 Å². The summed E-state index contributed by atoms with van der Waals surface area (Å²) in [6, 6.07) is 7.88. The van der Waals surface area contributed by atoms with Crippen LogP contribution in [0.2, 0.25) is 0 Å². The third kappa shape index (κ3) is 2.59. The second kappa shape index (κ2) is 5.49. The van der Waals surface area contributed by atoms with Crippen LogP contribution in [0.25, 0.3) is 11.3 Å². The van der Waals surface area contributed by atoms with E-state index >= 15 is 0 Å². The van der Waals surface area contributed by atoms with Gasteiger partial charge in [-0.1, -0.05) is 12.1 Å². The predicted octanol–water partition coefficient (Wildman–Crippen LogP) is 2.89. The minimum Gasteiger partial charge on any atom is -0.497 e. The van der Waals surface area contributed by atoms with Gasteiger partial charge in [0, 0.05) is 18.3 Å². The Hall–Kier alpha value is -2.10. The number of methoxy groups -OCH3 is 1. The minimum atomic E-state index is 0.654. The first-order valence-corrected chi connectivity index (χ1v) is 5.96. The van der Waals surface area contributed by atoms with E-state index in [2.05, 4.69) is 15.3 Å². The van der Waals surface area contributed by atoms with E-state index < -0.39 is 0 Å². The van der Waals surface area contributed by atoms with Crippen molar-refractivity contribution in [1.29, 1.82) is 0 Å². The molecule has 0 aliphatic heterocycles. The van der Waals surface area contributed by atoms with Gasteiger partial charge in [-0.25, -0.2) is 9.97 Å². The van der Waals surface area contributed by atoms with Crippen LogP contribution in [0.3, 0.4) is 0 Å². The molecule has 0 amide bonds. The maximum atomic E-state index is 5.23. The van der Waals surface area contributed by atoms with Gasteiger partial charge in [0.25, 0.3) is 0 Å². The number of nitrogens with zero attached hydrogens (tertiary/aromatic N) is 2. The van der Waals surface area contributed by atoms with Crippen molar-refractivity contribution in [3.63, 3.8) is 0 Å². The number of aryl methyl sites for hydroxylation is 1. The van der Waals surface area contributed by atoms with Crippen LogP contribution in [0.1, 0.15) is 12.5 Å². The van der Waals surface area contributed by atoms with Crippen LogP contribution in [0.15, 0.2) is 30.5 Å². The third-order valence-corrected chi connectivity index (χ3v) is 2.65. The maximum absolute atomic E-state index is 5.23. The minimum absolute atomic E-state index is 0.654. The van der Waals surface area contributed by atoms with E-state index in [0.29, 0.717) is 5.95 Å². The molecule has 2 aromatic rings. The predicted molar refractivity (Wildman–Crippen MR) is 72.9 cm³/mol. The largest absolute Gasteiger partial charge is 0.497 e. The van der Waals surface area contributed by atoms with E-state index in [9.17, 15) is 0 Å². The molecule has 94 valence electrons. The fourth-order valence-corrected chi connectivity index (χ4v) is 1.75. The fourth-order valence-electron chi connectivity index (χ4n) is 1.75. The highest BCUT2D eigenvalue weighted by molar-refractivity contribution is 5.65. The van der Waals surface area contributed by atoms with Crippen LogP contribution in [0.4, 0.5) is 5.95 Å². The first kappa shape index (κ1) is 12.4. The number of hydrogen-bond acceptors (Lipinski definition) is 4. The van der Waals surface area contributed by atoms with Gasteiger partial charge in [-0.05, 0) is 31.5 Å². The van der Waals surface area contributed by atoms with Gasteiger partial charge >= 0.3 is 0 Å². The maximum Gasteiger partial charge on any atom is 0.223 e. The van der Waals surface area contributed by atoms with Crippen molar-refractivity contribution in [2.45, 2.75) is 13.8 Å². The molecule has 0 unspecified atom stereocenters. The molecule has 0 aliphatic rings. The van der Waals surface area contributed by atoms with Gasteiger partial charge in [0.2, 0.25) is 5.95 Å². The zero-order valence-corrected chi connectivity index (χ0v) is 10.9. The first-order valence-electron chi connectivity index (χ1n) is 5.96. The Labute approximate surface area is 107 Å². The number of ether oxygens (including phenoxy) is 1. The molecule has 0 saturated carbocycles. The standard InChI is InChI=1S/C14H17N3O/c1-4-15-14-16-9-10(2)13(17-14)11-6-5-7-12(8-11)18-3/h5-9H,4H2,1-3H3,(H,15,16,17). The smallest absolute Gasteiger partial charge is 0.223 e. The molecule has 18 heavy (non-hydrogen) atoms. The van der Waals surface area contributed by atoms with Crippen LogP contribution >= 0.6 is 0 Å². The lowest BCUT2D eigenvalue weighted by Crippen LogP contribution is -2.03. The van der Waals surface area contributed by atoms with E-state index in [4.69, 9.17) is 4.74 Å². The molecule has 1 N–H and O–H groups in total. The Morgan fingerprint density at radius 1 is 1.33 bits per heavy atom. The number of aromatic nitrogens is 2. The van der Waals surface area contributed by atoms with Crippen molar-refractivity contribution < 1.29 is 4.74 Å². The molecule has 4 heteroatoms. The molecule has 1 heterocycles. The summed E-state index contributed by atoms with van der Waals surface area (Å²) in [7, 11) is 1.66. The number of hydrogen-bond donors (Lipinski definition) is 1. The summed E-state index contributed by atoms with van der Waals surface area (Å²) in [6.07, 6.45) is 1.83. The first-order chi connectivity index (χ1) is 8.74. The van der Waals surface area contributed by atoms with E-state index in [0.717, 1.165) is 29.1 Å². The molecule has 1 aromatic carbocycles. The molecule has 4 nitrogen and oxygen atoms in total. The summed E-state index contributed by atoms with van der Waals surface area (Å²) in [5.41, 5.74) is 3.01. The summed E-state index contributed by atoms with van der Waals surface area (Å²) < 4.78 is 5.23. The van der Waals surface area contributed by atoms with Crippen LogP contribution < -0.4 is 10.1 Å². The molecule has 0 fully saturated rings. The Kier molecular flexibility index (Phi) is 3.77. The monoisotopic (exact) mass is 243 g/mol. The molecular formula is C14H17N3O. The molecule has 0 bridgehead atoms. The highest BCUT2D eigenvalue weighted by Gasteiger charge is 2.07. The number of anilines is 1. The highest BCUT2D eigenvalue weighted by Crippen LogP contribution is 2.25. The van der Waals surface area contributed by atoms with Crippen molar-refractivity contribution in [2.75, 3.05) is 19.0 Å². The quantitative estimate of drug-likeness (QED) is 0.897. The summed E-state index contributed by atoms with van der Waals surface area (Å²) in [6.45, 7) is 4.83. The number of benzene rings is 1. The summed E-state index contributed by atoms with van der Waals surface area (Å²) in [5.74, 6) is 1.48. The van der Waals surface area contributed by atoms with Gasteiger partial charge < -0.3 is 10.1 Å². The molecule has 2 rings (SSSR count). The Morgan fingerprint density at radius 2 is 2.17 bits per heavy atom. The Balaban J connectivity index is 2.44. The zero-order chi connectivity index (χ0) is 13.0. The normalized spacial score (nSPS) is 10.2. The topological polar surface area (TPSA) is 47.0 Å². The Bertz CT molecular complexity index is 540. The van der Waals surface area contributed by atoms with Crippen molar-refractivity contribution in [3.05, 3.63) is 36.0 Å². The van der Waals surface area contributed by atoms with Crippen LogP contribution in [-0.2, 0) is 0 Å². The van der Waals surface area contributed by atoms with Gasteiger partial charge in [0.1, 0.15) is 5.75 Å². The van der Waals surface area contributed by atoms with Crippen LogP contribution in [0.5, 0.6) is 5.75 Å². The van der Waals surface area contributed by atoms with Crippen molar-refractivity contribution >= 4 is 5.95 Å². The van der Waals surface area contributed by atoms with Gasteiger partial charge in [0.05, 0.1) is 12.8 Å². The second-order valence-electron chi connectivity index (χ2n) is 3.99. The SMILES string of the molecule is CCNc1ncc(C)c(-c2cccc(OC)c2)n1. The summed E-state index contributed by atoms with van der Waals surface area (Å²) in [5, 5.41) is 3.12. The van der Waals surface area contributed by atoms with E-state index in [1.165, 1.54) is 0 Å². The Morgan fingerprint density at radius 3 is 2.89 bits per heavy atom. The van der Waals surface area contributed by atoms with Crippen LogP contribution in [0, 0.1) is 6.92 Å². The lowest BCUT2D eigenvalue weighted by Gasteiger charge is -2.09. The average Bonchev–Trinajstić information content (AvgIpc) is 2.41. The number of nitrogens with one attached hydrogen (secondary N) is 1. The molecule has 0 aliphatic carbocycles. The zero-order valence-electron chi connectivity index (χ0n) is 10.9. The fraction of sp³-hybridized carbons (Fsp3) is 0.286. The van der Waals surface area contributed by atoms with Crippen molar-refractivity contribution in [3.8, 4) is 17.0 Å². The molecule has 0 spiro atoms. The van der Waals surface area contributed by atoms with E-state index in [1.807, 2.05) is 44.3 Å². The lowest BCUT2D eigenvalue weighted by molar-refractivity contribution is 0.415. The summed E-state index contributed by atoms with van der Waals surface area (Å²) >= 11 is 0. The van der Waals surface area contributed by atoms with Crippen LogP contribution in [-0.4, -0.2) is 23.6 Å². The molecular weight excluding hydrogens is 226 g/mol. The molecule has 0 atom stereocenters. The molecule has 0 saturated heterocycles. The lowest BCUT2D eigenvalue weighted by atomic mass is 10.1. The van der Waals surface area contributed by atoms with Gasteiger partial charge in [0.15, 0.2) is 0 Å². The second-order valence-corrected chi connectivity index (χ2v) is 3.99. The van der Waals surface area contributed by atoms with Gasteiger partial charge in [-0.3, -0.25) is 0 Å². The van der Waals surface area contributed by atoms with Gasteiger partial charge in [-0.2, -0.15) is 0 Å². The summed E-state index contributed by atoms with van der Waals surface area (Å²) in [4.78, 5) is 8.77. The average molecular weight is 243 g/mol. The number of rotatable bonds is 4. The molecule has 0 radical (unpaired) electrons. The molecule has 1 aromatic heterocycles. The highest BCUT2D eigenvalue weighted by atomic mass is 16.5. The van der Waals surface area contributed by atoms with Gasteiger partial charge in [-0.15, -0.1) is 0 Å². The van der Waals surface area contributed by atoms with E-state index in [1.54, 1.807) is 7.11 Å². The van der Waals surface area contributed by atoms with E-state index in [-0.39, 0.29) is 0 Å².